The van der Waals surface area contributed by atoms with Crippen LogP contribution in [0.15, 0.2) is 0 Å². The summed E-state index contributed by atoms with van der Waals surface area (Å²) in [6.07, 6.45) is 9.82. The highest BCUT2D eigenvalue weighted by molar-refractivity contribution is 4.81. The number of nitrogens with zero attached hydrogens (tertiary/aromatic N) is 2. The Labute approximate surface area is 126 Å². The fraction of sp³-hybridized carbons (Fsp3) is 1.00. The molecule has 118 valence electrons. The second-order valence-corrected chi connectivity index (χ2v) is 6.99. The number of nitrogens with one attached hydrogen (secondary N) is 1. The monoisotopic (exact) mass is 281 g/mol. The van der Waals surface area contributed by atoms with Gasteiger partial charge in [-0.1, -0.05) is 20.3 Å². The van der Waals surface area contributed by atoms with Crippen molar-refractivity contribution in [2.24, 2.45) is 0 Å². The maximum absolute atomic E-state index is 3.51. The summed E-state index contributed by atoms with van der Waals surface area (Å²) in [6, 6.07) is 1.53. The number of unbranched alkanes of at least 4 members (excludes halogenated alkanes) is 1. The van der Waals surface area contributed by atoms with E-state index in [0.717, 1.165) is 6.04 Å². The number of likely N-dealkylation sites (tertiary alicyclic amines) is 2. The maximum Gasteiger partial charge on any atom is 0.0120 e. The molecular formula is C17H35N3. The zero-order valence-electron chi connectivity index (χ0n) is 13.7. The quantitative estimate of drug-likeness (QED) is 0.724. The van der Waals surface area contributed by atoms with E-state index in [2.05, 4.69) is 29.0 Å². The molecule has 0 amide bonds. The molecule has 2 fully saturated rings. The molecule has 0 aromatic heterocycles. The molecule has 2 saturated heterocycles. The Hall–Kier alpha value is -0.120. The molecule has 0 aliphatic carbocycles. The van der Waals surface area contributed by atoms with Crippen LogP contribution in [0.3, 0.4) is 0 Å². The second-order valence-electron chi connectivity index (χ2n) is 6.99. The van der Waals surface area contributed by atoms with Crippen molar-refractivity contribution in [1.82, 2.24) is 15.1 Å². The fourth-order valence-electron chi connectivity index (χ4n) is 3.64. The van der Waals surface area contributed by atoms with Crippen molar-refractivity contribution < 1.29 is 0 Å². The molecule has 0 radical (unpaired) electrons. The Bertz CT molecular complexity index is 241. The smallest absolute Gasteiger partial charge is 0.0120 e. The van der Waals surface area contributed by atoms with Gasteiger partial charge in [0, 0.05) is 12.1 Å². The lowest BCUT2D eigenvalue weighted by molar-refractivity contribution is 0.0919. The minimum absolute atomic E-state index is 0.635. The molecule has 0 atom stereocenters. The summed E-state index contributed by atoms with van der Waals surface area (Å²) >= 11 is 0. The summed E-state index contributed by atoms with van der Waals surface area (Å²) in [6.45, 7) is 12.3. The highest BCUT2D eigenvalue weighted by Crippen LogP contribution is 2.20. The topological polar surface area (TPSA) is 18.5 Å². The number of hydrogen-bond acceptors (Lipinski definition) is 3. The molecule has 0 unspecified atom stereocenters. The summed E-state index contributed by atoms with van der Waals surface area (Å²) in [5.41, 5.74) is 0. The average molecular weight is 281 g/mol. The predicted octanol–water partition coefficient (Wildman–Crippen LogP) is 2.71. The van der Waals surface area contributed by atoms with Gasteiger partial charge in [-0.2, -0.15) is 0 Å². The van der Waals surface area contributed by atoms with E-state index in [4.69, 9.17) is 0 Å². The van der Waals surface area contributed by atoms with E-state index in [0.29, 0.717) is 6.04 Å². The van der Waals surface area contributed by atoms with Crippen LogP contribution in [0.5, 0.6) is 0 Å². The summed E-state index contributed by atoms with van der Waals surface area (Å²) in [4.78, 5) is 5.46. The zero-order valence-corrected chi connectivity index (χ0v) is 13.7. The van der Waals surface area contributed by atoms with Crippen LogP contribution in [-0.4, -0.2) is 61.2 Å². The normalized spacial score (nSPS) is 23.6. The molecule has 2 rings (SSSR count). The van der Waals surface area contributed by atoms with Crippen molar-refractivity contribution >= 4 is 0 Å². The SMILES string of the molecule is CC(C)NCCCCN1CCC(N2CCCCC2)CC1. The molecule has 1 N–H and O–H groups in total. The molecule has 2 aliphatic heterocycles. The Morgan fingerprint density at radius 3 is 2.30 bits per heavy atom. The van der Waals surface area contributed by atoms with E-state index in [9.17, 15) is 0 Å². The molecule has 0 bridgehead atoms. The van der Waals surface area contributed by atoms with Crippen LogP contribution < -0.4 is 5.32 Å². The molecule has 0 spiro atoms. The maximum atomic E-state index is 3.51. The van der Waals surface area contributed by atoms with Gasteiger partial charge < -0.3 is 15.1 Å². The van der Waals surface area contributed by atoms with E-state index in [1.807, 2.05) is 0 Å². The van der Waals surface area contributed by atoms with Gasteiger partial charge in [0.1, 0.15) is 0 Å². The number of piperidine rings is 2. The van der Waals surface area contributed by atoms with Gasteiger partial charge in [-0.25, -0.2) is 0 Å². The first-order valence-corrected chi connectivity index (χ1v) is 8.95. The first-order valence-electron chi connectivity index (χ1n) is 8.95. The highest BCUT2D eigenvalue weighted by Gasteiger charge is 2.24. The van der Waals surface area contributed by atoms with Crippen molar-refractivity contribution in [2.45, 2.75) is 70.9 Å². The minimum atomic E-state index is 0.635. The van der Waals surface area contributed by atoms with E-state index in [1.54, 1.807) is 0 Å². The van der Waals surface area contributed by atoms with E-state index in [1.165, 1.54) is 84.2 Å². The highest BCUT2D eigenvalue weighted by atomic mass is 15.2. The molecule has 2 heterocycles. The van der Waals surface area contributed by atoms with E-state index >= 15 is 0 Å². The lowest BCUT2D eigenvalue weighted by Gasteiger charge is -2.40. The van der Waals surface area contributed by atoms with E-state index in [-0.39, 0.29) is 0 Å². The van der Waals surface area contributed by atoms with Crippen LogP contribution in [0.25, 0.3) is 0 Å². The Morgan fingerprint density at radius 2 is 1.65 bits per heavy atom. The summed E-state index contributed by atoms with van der Waals surface area (Å²) in [5, 5.41) is 3.51. The standard InChI is InChI=1S/C17H35N3/c1-16(2)18-10-4-7-11-19-14-8-17(9-15-19)20-12-5-3-6-13-20/h16-18H,3-15H2,1-2H3. The molecule has 0 saturated carbocycles. The third-order valence-electron chi connectivity index (χ3n) is 4.92. The minimum Gasteiger partial charge on any atom is -0.315 e. The average Bonchev–Trinajstić information content (AvgIpc) is 2.48. The number of rotatable bonds is 7. The zero-order chi connectivity index (χ0) is 14.2. The Morgan fingerprint density at radius 1 is 0.950 bits per heavy atom. The first kappa shape index (κ1) is 16.3. The van der Waals surface area contributed by atoms with Crippen LogP contribution in [-0.2, 0) is 0 Å². The van der Waals surface area contributed by atoms with Crippen molar-refractivity contribution in [3.8, 4) is 0 Å². The van der Waals surface area contributed by atoms with Gasteiger partial charge in [0.15, 0.2) is 0 Å². The van der Waals surface area contributed by atoms with Crippen LogP contribution in [0.4, 0.5) is 0 Å². The molecule has 3 nitrogen and oxygen atoms in total. The Balaban J connectivity index is 1.52. The van der Waals surface area contributed by atoms with Gasteiger partial charge in [0.2, 0.25) is 0 Å². The van der Waals surface area contributed by atoms with Gasteiger partial charge in [-0.05, 0) is 77.8 Å². The second kappa shape index (κ2) is 9.01. The third kappa shape index (κ3) is 5.71. The fourth-order valence-corrected chi connectivity index (χ4v) is 3.64. The van der Waals surface area contributed by atoms with Crippen LogP contribution in [0, 0.1) is 0 Å². The summed E-state index contributed by atoms with van der Waals surface area (Å²) in [5.74, 6) is 0. The molecular weight excluding hydrogens is 246 g/mol. The molecule has 20 heavy (non-hydrogen) atoms. The van der Waals surface area contributed by atoms with Crippen LogP contribution in [0.1, 0.15) is 58.8 Å². The van der Waals surface area contributed by atoms with Gasteiger partial charge in [0.25, 0.3) is 0 Å². The van der Waals surface area contributed by atoms with Crippen molar-refractivity contribution in [3.05, 3.63) is 0 Å². The molecule has 3 heteroatoms. The largest absolute Gasteiger partial charge is 0.315 e. The van der Waals surface area contributed by atoms with Crippen LogP contribution >= 0.6 is 0 Å². The lowest BCUT2D eigenvalue weighted by Crippen LogP contribution is -2.46. The lowest BCUT2D eigenvalue weighted by atomic mass is 10.00. The third-order valence-corrected chi connectivity index (χ3v) is 4.92. The molecule has 0 aromatic rings. The summed E-state index contributed by atoms with van der Waals surface area (Å²) < 4.78 is 0. The molecule has 2 aliphatic rings. The first-order chi connectivity index (χ1) is 9.75. The van der Waals surface area contributed by atoms with E-state index < -0.39 is 0 Å². The number of hydrogen-bond donors (Lipinski definition) is 1. The van der Waals surface area contributed by atoms with Crippen LogP contribution in [0.2, 0.25) is 0 Å². The van der Waals surface area contributed by atoms with Gasteiger partial charge in [-0.15, -0.1) is 0 Å². The van der Waals surface area contributed by atoms with Gasteiger partial charge in [-0.3, -0.25) is 0 Å². The van der Waals surface area contributed by atoms with Gasteiger partial charge >= 0.3 is 0 Å². The Kier molecular flexibility index (Phi) is 7.32. The van der Waals surface area contributed by atoms with Crippen molar-refractivity contribution in [1.29, 1.82) is 0 Å². The molecule has 0 aromatic carbocycles. The van der Waals surface area contributed by atoms with Crippen molar-refractivity contribution in [3.63, 3.8) is 0 Å². The van der Waals surface area contributed by atoms with Crippen molar-refractivity contribution in [2.75, 3.05) is 39.3 Å². The summed E-state index contributed by atoms with van der Waals surface area (Å²) in [7, 11) is 0. The predicted molar refractivity (Wildman–Crippen MR) is 87.3 cm³/mol. The van der Waals surface area contributed by atoms with Gasteiger partial charge in [0.05, 0.1) is 0 Å².